The number of ether oxygens (including phenoxy) is 1. The van der Waals surface area contributed by atoms with Gasteiger partial charge in [0.15, 0.2) is 0 Å². The minimum absolute atomic E-state index is 0.181. The lowest BCUT2D eigenvalue weighted by atomic mass is 9.93. The van der Waals surface area contributed by atoms with Crippen LogP contribution in [0, 0.1) is 0 Å². The van der Waals surface area contributed by atoms with Gasteiger partial charge in [-0.1, -0.05) is 24.3 Å². The maximum atomic E-state index is 12.9. The lowest BCUT2D eigenvalue weighted by Gasteiger charge is -2.32. The highest BCUT2D eigenvalue weighted by Crippen LogP contribution is 2.25. The summed E-state index contributed by atoms with van der Waals surface area (Å²) in [5.41, 5.74) is 2.43. The SMILES string of the molecule is CCN(CC1CCCO1)C(=O)C1NCCc2ccccc21. The molecule has 0 aliphatic carbocycles. The molecule has 4 nitrogen and oxygen atoms in total. The third-order valence-electron chi connectivity index (χ3n) is 4.50. The van der Waals surface area contributed by atoms with E-state index in [0.29, 0.717) is 0 Å². The van der Waals surface area contributed by atoms with Crippen molar-refractivity contribution in [1.82, 2.24) is 10.2 Å². The van der Waals surface area contributed by atoms with Crippen LogP contribution in [0.4, 0.5) is 0 Å². The molecule has 1 amide bonds. The Kier molecular flexibility index (Phi) is 4.56. The largest absolute Gasteiger partial charge is 0.376 e. The van der Waals surface area contributed by atoms with Crippen LogP contribution < -0.4 is 5.32 Å². The van der Waals surface area contributed by atoms with E-state index < -0.39 is 0 Å². The van der Waals surface area contributed by atoms with Gasteiger partial charge in [-0.2, -0.15) is 0 Å². The minimum atomic E-state index is -0.198. The van der Waals surface area contributed by atoms with Crippen LogP contribution in [0.3, 0.4) is 0 Å². The van der Waals surface area contributed by atoms with Gasteiger partial charge in [0.25, 0.3) is 0 Å². The molecule has 1 saturated heterocycles. The zero-order valence-electron chi connectivity index (χ0n) is 12.7. The first kappa shape index (κ1) is 14.5. The monoisotopic (exact) mass is 288 g/mol. The van der Waals surface area contributed by atoms with E-state index in [-0.39, 0.29) is 18.1 Å². The number of hydrogen-bond acceptors (Lipinski definition) is 3. The number of nitrogens with zero attached hydrogens (tertiary/aromatic N) is 1. The molecule has 0 aromatic heterocycles. The van der Waals surface area contributed by atoms with Crippen LogP contribution in [0.25, 0.3) is 0 Å². The van der Waals surface area contributed by atoms with Crippen molar-refractivity contribution < 1.29 is 9.53 Å². The molecule has 2 heterocycles. The molecular formula is C17H24N2O2. The molecule has 1 aromatic rings. The van der Waals surface area contributed by atoms with Crippen molar-refractivity contribution in [3.63, 3.8) is 0 Å². The molecule has 2 aliphatic rings. The van der Waals surface area contributed by atoms with Crippen LogP contribution in [-0.4, -0.2) is 43.2 Å². The summed E-state index contributed by atoms with van der Waals surface area (Å²) in [6.45, 7) is 5.20. The highest BCUT2D eigenvalue weighted by atomic mass is 16.5. The molecule has 3 rings (SSSR count). The summed E-state index contributed by atoms with van der Waals surface area (Å²) in [5, 5.41) is 3.38. The van der Waals surface area contributed by atoms with Gasteiger partial charge < -0.3 is 15.0 Å². The molecule has 2 aliphatic heterocycles. The number of nitrogens with one attached hydrogen (secondary N) is 1. The highest BCUT2D eigenvalue weighted by molar-refractivity contribution is 5.84. The van der Waals surface area contributed by atoms with E-state index in [2.05, 4.69) is 23.5 Å². The van der Waals surface area contributed by atoms with Gasteiger partial charge in [0.2, 0.25) is 5.91 Å². The van der Waals surface area contributed by atoms with Gasteiger partial charge in [0.05, 0.1) is 6.10 Å². The summed E-state index contributed by atoms with van der Waals surface area (Å²) in [5.74, 6) is 0.181. The Bertz CT molecular complexity index is 497. The summed E-state index contributed by atoms with van der Waals surface area (Å²) >= 11 is 0. The van der Waals surface area contributed by atoms with E-state index in [1.165, 1.54) is 5.56 Å². The van der Waals surface area contributed by atoms with Gasteiger partial charge >= 0.3 is 0 Å². The van der Waals surface area contributed by atoms with Crippen molar-refractivity contribution in [3.05, 3.63) is 35.4 Å². The van der Waals surface area contributed by atoms with Crippen molar-refractivity contribution in [2.75, 3.05) is 26.2 Å². The van der Waals surface area contributed by atoms with E-state index in [4.69, 9.17) is 4.74 Å². The fourth-order valence-electron chi connectivity index (χ4n) is 3.32. The number of likely N-dealkylation sites (N-methyl/N-ethyl adjacent to an activating group) is 1. The average molecular weight is 288 g/mol. The van der Waals surface area contributed by atoms with E-state index in [9.17, 15) is 4.79 Å². The number of benzene rings is 1. The Morgan fingerprint density at radius 1 is 1.43 bits per heavy atom. The zero-order chi connectivity index (χ0) is 14.7. The fourth-order valence-corrected chi connectivity index (χ4v) is 3.32. The first-order valence-electron chi connectivity index (χ1n) is 8.01. The van der Waals surface area contributed by atoms with Crippen LogP contribution in [0.15, 0.2) is 24.3 Å². The average Bonchev–Trinajstić information content (AvgIpc) is 3.04. The summed E-state index contributed by atoms with van der Waals surface area (Å²) in [4.78, 5) is 14.8. The molecule has 4 heteroatoms. The lowest BCUT2D eigenvalue weighted by Crippen LogP contribution is -2.46. The smallest absolute Gasteiger partial charge is 0.244 e. The minimum Gasteiger partial charge on any atom is -0.376 e. The summed E-state index contributed by atoms with van der Waals surface area (Å²) in [6, 6.07) is 8.07. The third kappa shape index (κ3) is 3.11. The topological polar surface area (TPSA) is 41.6 Å². The van der Waals surface area contributed by atoms with E-state index in [0.717, 1.165) is 51.1 Å². The zero-order valence-corrected chi connectivity index (χ0v) is 12.7. The number of carbonyl (C=O) groups is 1. The predicted molar refractivity (Wildman–Crippen MR) is 82.1 cm³/mol. The van der Waals surface area contributed by atoms with Crippen molar-refractivity contribution in [2.24, 2.45) is 0 Å². The first-order valence-corrected chi connectivity index (χ1v) is 8.01. The van der Waals surface area contributed by atoms with Crippen molar-refractivity contribution in [2.45, 2.75) is 38.3 Å². The Labute approximate surface area is 126 Å². The molecule has 0 saturated carbocycles. The standard InChI is InChI=1S/C17H24N2O2/c1-2-19(12-14-7-5-11-21-14)17(20)16-15-8-4-3-6-13(15)9-10-18-16/h3-4,6,8,14,16,18H,2,5,7,9-12H2,1H3. The summed E-state index contributed by atoms with van der Waals surface area (Å²) in [7, 11) is 0. The molecule has 1 fully saturated rings. The fraction of sp³-hybridized carbons (Fsp3) is 0.588. The van der Waals surface area contributed by atoms with Crippen LogP contribution in [0.2, 0.25) is 0 Å². The molecule has 21 heavy (non-hydrogen) atoms. The van der Waals surface area contributed by atoms with Crippen molar-refractivity contribution >= 4 is 5.91 Å². The van der Waals surface area contributed by atoms with Gasteiger partial charge in [-0.15, -0.1) is 0 Å². The first-order chi connectivity index (χ1) is 10.3. The molecule has 1 N–H and O–H groups in total. The number of carbonyl (C=O) groups excluding carboxylic acids is 1. The van der Waals surface area contributed by atoms with Gasteiger partial charge in [0, 0.05) is 26.2 Å². The Hall–Kier alpha value is -1.39. The maximum Gasteiger partial charge on any atom is 0.244 e. The Morgan fingerprint density at radius 2 is 2.29 bits per heavy atom. The quantitative estimate of drug-likeness (QED) is 0.920. The van der Waals surface area contributed by atoms with E-state index in [1.54, 1.807) is 0 Å². The Morgan fingerprint density at radius 3 is 3.05 bits per heavy atom. The van der Waals surface area contributed by atoms with Gasteiger partial charge in [-0.3, -0.25) is 4.79 Å². The lowest BCUT2D eigenvalue weighted by molar-refractivity contribution is -0.135. The van der Waals surface area contributed by atoms with Gasteiger partial charge in [-0.05, 0) is 37.3 Å². The molecule has 0 bridgehead atoms. The normalized spacial score (nSPS) is 24.6. The van der Waals surface area contributed by atoms with Gasteiger partial charge in [0.1, 0.15) is 6.04 Å². The number of rotatable bonds is 4. The van der Waals surface area contributed by atoms with Crippen LogP contribution in [0.1, 0.15) is 36.9 Å². The summed E-state index contributed by atoms with van der Waals surface area (Å²) < 4.78 is 5.68. The summed E-state index contributed by atoms with van der Waals surface area (Å²) in [6.07, 6.45) is 3.39. The second-order valence-electron chi connectivity index (χ2n) is 5.85. The number of fused-ring (bicyclic) bond motifs is 1. The second-order valence-corrected chi connectivity index (χ2v) is 5.85. The predicted octanol–water partition coefficient (Wildman–Crippen LogP) is 1.90. The van der Waals surface area contributed by atoms with E-state index >= 15 is 0 Å². The number of hydrogen-bond donors (Lipinski definition) is 1. The highest BCUT2D eigenvalue weighted by Gasteiger charge is 2.30. The molecule has 114 valence electrons. The molecule has 2 atom stereocenters. The van der Waals surface area contributed by atoms with Crippen molar-refractivity contribution in [3.8, 4) is 0 Å². The van der Waals surface area contributed by atoms with Crippen LogP contribution in [0.5, 0.6) is 0 Å². The van der Waals surface area contributed by atoms with E-state index in [1.807, 2.05) is 17.9 Å². The van der Waals surface area contributed by atoms with Crippen LogP contribution in [-0.2, 0) is 16.0 Å². The molecular weight excluding hydrogens is 264 g/mol. The molecule has 0 radical (unpaired) electrons. The Balaban J connectivity index is 1.74. The molecule has 1 aromatic carbocycles. The van der Waals surface area contributed by atoms with Gasteiger partial charge in [-0.25, -0.2) is 0 Å². The third-order valence-corrected chi connectivity index (χ3v) is 4.50. The molecule has 0 spiro atoms. The van der Waals surface area contributed by atoms with Crippen LogP contribution >= 0.6 is 0 Å². The number of amides is 1. The molecule has 2 unspecified atom stereocenters. The maximum absolute atomic E-state index is 12.9. The van der Waals surface area contributed by atoms with Crippen molar-refractivity contribution in [1.29, 1.82) is 0 Å². The second kappa shape index (κ2) is 6.58.